The van der Waals surface area contributed by atoms with Crippen LogP contribution in [0.15, 0.2) is 84.0 Å². The van der Waals surface area contributed by atoms with Gasteiger partial charge in [-0.1, -0.05) is 53.7 Å². The van der Waals surface area contributed by atoms with Crippen molar-refractivity contribution in [2.45, 2.75) is 17.5 Å². The molecule has 7 nitrogen and oxygen atoms in total. The van der Waals surface area contributed by atoms with Crippen LogP contribution in [0.3, 0.4) is 0 Å². The van der Waals surface area contributed by atoms with Crippen LogP contribution in [0.5, 0.6) is 5.75 Å². The number of halogens is 1. The second kappa shape index (κ2) is 9.63. The Bertz CT molecular complexity index is 1170. The van der Waals surface area contributed by atoms with Gasteiger partial charge in [0.15, 0.2) is 11.0 Å². The summed E-state index contributed by atoms with van der Waals surface area (Å²) in [6, 6.07) is 23.4. The van der Waals surface area contributed by atoms with Gasteiger partial charge in [0.2, 0.25) is 0 Å². The second-order valence-corrected chi connectivity index (χ2v) is 7.90. The summed E-state index contributed by atoms with van der Waals surface area (Å²) < 4.78 is 7.82. The summed E-state index contributed by atoms with van der Waals surface area (Å²) in [4.78, 5) is 10.4. The molecule has 0 amide bonds. The Morgan fingerprint density at radius 2 is 1.68 bits per heavy atom. The van der Waals surface area contributed by atoms with Crippen LogP contribution in [0.1, 0.15) is 11.4 Å². The van der Waals surface area contributed by atoms with E-state index in [1.54, 1.807) is 36.4 Å². The molecule has 0 aliphatic rings. The highest BCUT2D eigenvalue weighted by atomic mass is 35.5. The van der Waals surface area contributed by atoms with E-state index in [0.29, 0.717) is 27.5 Å². The lowest BCUT2D eigenvalue weighted by Gasteiger charge is -2.11. The predicted octanol–water partition coefficient (Wildman–Crippen LogP) is 5.70. The Labute approximate surface area is 187 Å². The quantitative estimate of drug-likeness (QED) is 0.194. The predicted molar refractivity (Wildman–Crippen MR) is 120 cm³/mol. The third-order valence-corrected chi connectivity index (χ3v) is 5.66. The Hall–Kier alpha value is -3.36. The number of thioether (sulfide) groups is 1. The fraction of sp³-hybridized carbons (Fsp3) is 0.0909. The van der Waals surface area contributed by atoms with Gasteiger partial charge < -0.3 is 4.74 Å². The van der Waals surface area contributed by atoms with Crippen molar-refractivity contribution < 1.29 is 9.66 Å². The number of hydrogen-bond donors (Lipinski definition) is 0. The fourth-order valence-electron chi connectivity index (χ4n) is 2.86. The fourth-order valence-corrected chi connectivity index (χ4v) is 3.92. The molecule has 4 aromatic rings. The highest BCUT2D eigenvalue weighted by molar-refractivity contribution is 7.98. The molecule has 0 spiro atoms. The number of ether oxygens (including phenoxy) is 1. The van der Waals surface area contributed by atoms with E-state index in [1.807, 2.05) is 34.9 Å². The minimum atomic E-state index is -0.407. The number of rotatable bonds is 8. The van der Waals surface area contributed by atoms with E-state index in [2.05, 4.69) is 10.2 Å². The van der Waals surface area contributed by atoms with Gasteiger partial charge in [0, 0.05) is 28.6 Å². The van der Waals surface area contributed by atoms with Crippen molar-refractivity contribution in [3.8, 4) is 11.4 Å². The summed E-state index contributed by atoms with van der Waals surface area (Å²) in [6.45, 7) is 0.238. The molecule has 0 bridgehead atoms. The molecule has 1 aromatic heterocycles. The van der Waals surface area contributed by atoms with Gasteiger partial charge in [0.05, 0.1) is 4.92 Å². The molecule has 0 aliphatic carbocycles. The molecule has 0 saturated heterocycles. The van der Waals surface area contributed by atoms with Crippen molar-refractivity contribution in [2.24, 2.45) is 0 Å². The largest absolute Gasteiger partial charge is 0.486 e. The van der Waals surface area contributed by atoms with Gasteiger partial charge in [-0.3, -0.25) is 14.7 Å². The molecule has 0 radical (unpaired) electrons. The van der Waals surface area contributed by atoms with E-state index in [-0.39, 0.29) is 12.3 Å². The Balaban J connectivity index is 1.54. The maximum absolute atomic E-state index is 10.8. The molecule has 3 aromatic carbocycles. The van der Waals surface area contributed by atoms with Crippen LogP contribution in [-0.4, -0.2) is 19.7 Å². The number of nitro benzene ring substituents is 1. The van der Waals surface area contributed by atoms with Gasteiger partial charge in [-0.15, -0.1) is 10.2 Å². The van der Waals surface area contributed by atoms with E-state index < -0.39 is 4.92 Å². The molecular weight excluding hydrogens is 436 g/mol. The Morgan fingerprint density at radius 3 is 2.35 bits per heavy atom. The molecule has 156 valence electrons. The summed E-state index contributed by atoms with van der Waals surface area (Å²) >= 11 is 7.43. The number of hydrogen-bond acceptors (Lipinski definition) is 6. The Kier molecular flexibility index (Phi) is 6.49. The van der Waals surface area contributed by atoms with E-state index in [4.69, 9.17) is 16.3 Å². The maximum Gasteiger partial charge on any atom is 0.269 e. The van der Waals surface area contributed by atoms with Crippen molar-refractivity contribution in [1.82, 2.24) is 14.8 Å². The highest BCUT2D eigenvalue weighted by Crippen LogP contribution is 2.27. The number of benzene rings is 3. The van der Waals surface area contributed by atoms with Crippen molar-refractivity contribution in [3.05, 3.63) is 105 Å². The molecule has 0 unspecified atom stereocenters. The number of aromatic nitrogens is 3. The average Bonchev–Trinajstić information content (AvgIpc) is 3.21. The first-order valence-corrected chi connectivity index (χ1v) is 10.7. The SMILES string of the molecule is O=[N+]([O-])c1ccc(CSc2nnc(COc3ccc(Cl)cc3)n2-c2ccccc2)cc1. The average molecular weight is 453 g/mol. The summed E-state index contributed by atoms with van der Waals surface area (Å²) in [5.74, 6) is 1.94. The van der Waals surface area contributed by atoms with Gasteiger partial charge in [0.1, 0.15) is 12.4 Å². The maximum atomic E-state index is 10.8. The normalized spacial score (nSPS) is 10.7. The number of nitro groups is 1. The van der Waals surface area contributed by atoms with Gasteiger partial charge in [0.25, 0.3) is 5.69 Å². The van der Waals surface area contributed by atoms with Crippen LogP contribution < -0.4 is 4.74 Å². The lowest BCUT2D eigenvalue weighted by molar-refractivity contribution is -0.384. The summed E-state index contributed by atoms with van der Waals surface area (Å²) in [7, 11) is 0. The molecular formula is C22H17ClN4O3S. The molecule has 1 heterocycles. The van der Waals surface area contributed by atoms with Crippen molar-refractivity contribution >= 4 is 29.1 Å². The monoisotopic (exact) mass is 452 g/mol. The molecule has 9 heteroatoms. The van der Waals surface area contributed by atoms with Crippen LogP contribution in [0, 0.1) is 10.1 Å². The molecule has 31 heavy (non-hydrogen) atoms. The smallest absolute Gasteiger partial charge is 0.269 e. The first kappa shape index (κ1) is 20.9. The number of non-ortho nitro benzene ring substituents is 1. The summed E-state index contributed by atoms with van der Waals surface area (Å²) in [6.07, 6.45) is 0. The first-order valence-electron chi connectivity index (χ1n) is 9.34. The third kappa shape index (κ3) is 5.22. The molecule has 0 aliphatic heterocycles. The molecule has 0 atom stereocenters. The van der Waals surface area contributed by atoms with Crippen LogP contribution in [0.2, 0.25) is 5.02 Å². The minimum Gasteiger partial charge on any atom is -0.486 e. The van der Waals surface area contributed by atoms with E-state index in [0.717, 1.165) is 11.3 Å². The molecule has 0 fully saturated rings. The van der Waals surface area contributed by atoms with Gasteiger partial charge >= 0.3 is 0 Å². The zero-order valence-corrected chi connectivity index (χ0v) is 17.8. The van der Waals surface area contributed by atoms with Gasteiger partial charge in [-0.2, -0.15) is 0 Å². The lowest BCUT2D eigenvalue weighted by Crippen LogP contribution is -2.06. The number of para-hydroxylation sites is 1. The van der Waals surface area contributed by atoms with E-state index in [9.17, 15) is 10.1 Å². The standard InChI is InChI=1S/C22H17ClN4O3S/c23-17-8-12-20(13-9-17)30-14-21-24-25-22(26(21)18-4-2-1-3-5-18)31-15-16-6-10-19(11-7-16)27(28)29/h1-13H,14-15H2. The third-order valence-electron chi connectivity index (χ3n) is 4.41. The minimum absolute atomic E-state index is 0.0721. The van der Waals surface area contributed by atoms with E-state index >= 15 is 0 Å². The Morgan fingerprint density at radius 1 is 0.968 bits per heavy atom. The summed E-state index contributed by atoms with van der Waals surface area (Å²) in [5.41, 5.74) is 1.95. The highest BCUT2D eigenvalue weighted by Gasteiger charge is 2.15. The zero-order valence-electron chi connectivity index (χ0n) is 16.2. The van der Waals surface area contributed by atoms with Crippen molar-refractivity contribution in [2.75, 3.05) is 0 Å². The lowest BCUT2D eigenvalue weighted by atomic mass is 10.2. The van der Waals surface area contributed by atoms with Crippen LogP contribution in [0.4, 0.5) is 5.69 Å². The first-order chi connectivity index (χ1) is 15.1. The van der Waals surface area contributed by atoms with Crippen LogP contribution >= 0.6 is 23.4 Å². The van der Waals surface area contributed by atoms with Crippen LogP contribution in [-0.2, 0) is 12.4 Å². The topological polar surface area (TPSA) is 83.1 Å². The van der Waals surface area contributed by atoms with Crippen LogP contribution in [0.25, 0.3) is 5.69 Å². The van der Waals surface area contributed by atoms with Gasteiger partial charge in [-0.05, 0) is 42.0 Å². The van der Waals surface area contributed by atoms with Gasteiger partial charge in [-0.25, -0.2) is 0 Å². The summed E-state index contributed by atoms with van der Waals surface area (Å²) in [5, 5.41) is 20.9. The molecule has 0 saturated carbocycles. The number of nitrogens with zero attached hydrogens (tertiary/aromatic N) is 4. The van der Waals surface area contributed by atoms with E-state index in [1.165, 1.54) is 23.9 Å². The zero-order chi connectivity index (χ0) is 21.6. The second-order valence-electron chi connectivity index (χ2n) is 6.52. The molecule has 0 N–H and O–H groups in total. The molecule has 4 rings (SSSR count). The van der Waals surface area contributed by atoms with Crippen molar-refractivity contribution in [1.29, 1.82) is 0 Å². The van der Waals surface area contributed by atoms with Crippen molar-refractivity contribution in [3.63, 3.8) is 0 Å².